The van der Waals surface area contributed by atoms with Gasteiger partial charge >= 0.3 is 0 Å². The summed E-state index contributed by atoms with van der Waals surface area (Å²) < 4.78 is 6.03. The molecule has 0 saturated carbocycles. The SMILES string of the molecule is CC.CC.CC.Cc1ccc(SOC2CN(C(c3ccccc3)c3ccccc3)C2)cc1. The van der Waals surface area contributed by atoms with Gasteiger partial charge in [0, 0.05) is 30.0 Å². The first-order valence-corrected chi connectivity index (χ1v) is 12.8. The lowest BCUT2D eigenvalue weighted by atomic mass is 9.94. The van der Waals surface area contributed by atoms with Crippen LogP contribution in [0.15, 0.2) is 89.8 Å². The van der Waals surface area contributed by atoms with Crippen molar-refractivity contribution in [1.82, 2.24) is 4.90 Å². The zero-order chi connectivity index (χ0) is 23.8. The summed E-state index contributed by atoms with van der Waals surface area (Å²) in [6.45, 7) is 16.0. The Morgan fingerprint density at radius 2 is 1.12 bits per heavy atom. The van der Waals surface area contributed by atoms with Gasteiger partial charge < -0.3 is 4.18 Å². The van der Waals surface area contributed by atoms with Crippen LogP contribution in [0.25, 0.3) is 0 Å². The first-order valence-electron chi connectivity index (χ1n) is 12.0. The van der Waals surface area contributed by atoms with Gasteiger partial charge in [-0.05, 0) is 30.2 Å². The minimum Gasteiger partial charge on any atom is -0.304 e. The molecule has 3 aromatic rings. The Morgan fingerprint density at radius 3 is 1.56 bits per heavy atom. The Morgan fingerprint density at radius 1 is 0.688 bits per heavy atom. The van der Waals surface area contributed by atoms with Crippen molar-refractivity contribution in [3.8, 4) is 0 Å². The minimum absolute atomic E-state index is 0.274. The molecular weight excluding hydrogens is 410 g/mol. The van der Waals surface area contributed by atoms with Gasteiger partial charge in [0.15, 0.2) is 0 Å². The fourth-order valence-electron chi connectivity index (χ4n) is 3.34. The fraction of sp³-hybridized carbons (Fsp3) is 0.379. The molecule has 1 heterocycles. The molecule has 4 rings (SSSR count). The standard InChI is InChI=1S/C23H23NOS.3C2H6/c1-18-12-14-22(15-13-18)26-25-21-16-24(17-21)23(19-8-4-2-5-9-19)20-10-6-3-7-11-20;3*1-2/h2-15,21,23H,16-17H2,1H3;3*1-2H3. The maximum atomic E-state index is 6.03. The third-order valence-electron chi connectivity index (χ3n) is 4.77. The summed E-state index contributed by atoms with van der Waals surface area (Å²) in [5, 5.41) is 0. The number of rotatable bonds is 6. The molecule has 2 nitrogen and oxygen atoms in total. The molecule has 0 bridgehead atoms. The molecule has 1 saturated heterocycles. The van der Waals surface area contributed by atoms with E-state index in [0.717, 1.165) is 18.0 Å². The first kappa shape index (κ1) is 28.0. The molecule has 1 aliphatic heterocycles. The van der Waals surface area contributed by atoms with Gasteiger partial charge in [0.25, 0.3) is 0 Å². The second-order valence-electron chi connectivity index (χ2n) is 6.79. The molecule has 1 aliphatic rings. The van der Waals surface area contributed by atoms with E-state index in [2.05, 4.69) is 96.8 Å². The maximum absolute atomic E-state index is 6.03. The third kappa shape index (κ3) is 8.46. The molecule has 0 radical (unpaired) electrons. The second-order valence-corrected chi connectivity index (χ2v) is 7.62. The van der Waals surface area contributed by atoms with Crippen molar-refractivity contribution >= 4 is 12.0 Å². The monoisotopic (exact) mass is 451 g/mol. The van der Waals surface area contributed by atoms with E-state index < -0.39 is 0 Å². The molecule has 174 valence electrons. The highest BCUT2D eigenvalue weighted by Crippen LogP contribution is 2.34. The van der Waals surface area contributed by atoms with E-state index in [0.29, 0.717) is 6.04 Å². The third-order valence-corrected chi connectivity index (χ3v) is 5.61. The van der Waals surface area contributed by atoms with E-state index in [4.69, 9.17) is 4.18 Å². The van der Waals surface area contributed by atoms with Crippen molar-refractivity contribution in [3.05, 3.63) is 102 Å². The van der Waals surface area contributed by atoms with Crippen LogP contribution in [0.2, 0.25) is 0 Å². The number of nitrogens with zero attached hydrogens (tertiary/aromatic N) is 1. The van der Waals surface area contributed by atoms with Crippen molar-refractivity contribution in [2.75, 3.05) is 13.1 Å². The molecule has 0 amide bonds. The Kier molecular flexibility index (Phi) is 14.5. The molecule has 0 N–H and O–H groups in total. The van der Waals surface area contributed by atoms with E-state index in [-0.39, 0.29) is 6.10 Å². The lowest BCUT2D eigenvalue weighted by Crippen LogP contribution is -2.52. The summed E-state index contributed by atoms with van der Waals surface area (Å²) in [5.74, 6) is 0. The number of hydrogen-bond donors (Lipinski definition) is 0. The molecule has 1 fully saturated rings. The number of likely N-dealkylation sites (tertiary alicyclic amines) is 1. The van der Waals surface area contributed by atoms with Crippen LogP contribution in [0, 0.1) is 6.92 Å². The van der Waals surface area contributed by atoms with Crippen molar-refractivity contribution in [1.29, 1.82) is 0 Å². The van der Waals surface area contributed by atoms with Gasteiger partial charge in [-0.2, -0.15) is 0 Å². The van der Waals surface area contributed by atoms with Crippen LogP contribution in [0.1, 0.15) is 64.3 Å². The average Bonchev–Trinajstić information content (AvgIpc) is 2.86. The van der Waals surface area contributed by atoms with Gasteiger partial charge in [-0.15, -0.1) is 0 Å². The first-order chi connectivity index (χ1) is 15.8. The summed E-state index contributed by atoms with van der Waals surface area (Å²) in [7, 11) is 0. The fourth-order valence-corrected chi connectivity index (χ4v) is 3.96. The van der Waals surface area contributed by atoms with Crippen LogP contribution in [-0.4, -0.2) is 24.1 Å². The summed E-state index contributed by atoms with van der Waals surface area (Å²) in [4.78, 5) is 3.65. The van der Waals surface area contributed by atoms with Crippen LogP contribution >= 0.6 is 12.0 Å². The molecular formula is C29H41NOS. The highest BCUT2D eigenvalue weighted by Gasteiger charge is 2.35. The zero-order valence-corrected chi connectivity index (χ0v) is 21.7. The van der Waals surface area contributed by atoms with Gasteiger partial charge in [0.1, 0.15) is 0 Å². The number of hydrogen-bond acceptors (Lipinski definition) is 3. The molecule has 0 aliphatic carbocycles. The molecule has 32 heavy (non-hydrogen) atoms. The maximum Gasteiger partial charge on any atom is 0.0980 e. The molecule has 3 aromatic carbocycles. The number of aryl methyl sites for hydroxylation is 1. The van der Waals surface area contributed by atoms with Crippen molar-refractivity contribution in [2.24, 2.45) is 0 Å². The lowest BCUT2D eigenvalue weighted by molar-refractivity contribution is 0.0120. The predicted octanol–water partition coefficient (Wildman–Crippen LogP) is 8.57. The highest BCUT2D eigenvalue weighted by atomic mass is 32.2. The predicted molar refractivity (Wildman–Crippen MR) is 142 cm³/mol. The second kappa shape index (κ2) is 16.5. The Balaban J connectivity index is 0.000000789. The Hall–Kier alpha value is -2.07. The van der Waals surface area contributed by atoms with Crippen molar-refractivity contribution < 1.29 is 4.18 Å². The van der Waals surface area contributed by atoms with Crippen molar-refractivity contribution in [3.63, 3.8) is 0 Å². The van der Waals surface area contributed by atoms with Crippen LogP contribution in [0.5, 0.6) is 0 Å². The quantitative estimate of drug-likeness (QED) is 0.348. The zero-order valence-electron chi connectivity index (χ0n) is 20.9. The van der Waals surface area contributed by atoms with Crippen LogP contribution in [0.3, 0.4) is 0 Å². The molecule has 0 spiro atoms. The van der Waals surface area contributed by atoms with E-state index in [1.807, 2.05) is 41.5 Å². The van der Waals surface area contributed by atoms with Gasteiger partial charge in [-0.3, -0.25) is 4.90 Å². The van der Waals surface area contributed by atoms with Crippen molar-refractivity contribution in [2.45, 2.75) is 65.5 Å². The van der Waals surface area contributed by atoms with E-state index >= 15 is 0 Å². The van der Waals surface area contributed by atoms with Gasteiger partial charge in [0.05, 0.1) is 12.1 Å². The molecule has 0 aromatic heterocycles. The minimum atomic E-state index is 0.274. The summed E-state index contributed by atoms with van der Waals surface area (Å²) in [6.07, 6.45) is 0.274. The van der Waals surface area contributed by atoms with Gasteiger partial charge in [-0.25, -0.2) is 0 Å². The smallest absolute Gasteiger partial charge is 0.0980 e. The van der Waals surface area contributed by atoms with Crippen LogP contribution in [0.4, 0.5) is 0 Å². The topological polar surface area (TPSA) is 12.5 Å². The average molecular weight is 452 g/mol. The molecule has 3 heteroatoms. The van der Waals surface area contributed by atoms with Crippen LogP contribution in [-0.2, 0) is 4.18 Å². The molecule has 0 unspecified atom stereocenters. The van der Waals surface area contributed by atoms with Crippen LogP contribution < -0.4 is 0 Å². The van der Waals surface area contributed by atoms with E-state index in [9.17, 15) is 0 Å². The van der Waals surface area contributed by atoms with E-state index in [1.165, 1.54) is 28.7 Å². The largest absolute Gasteiger partial charge is 0.304 e. The van der Waals surface area contributed by atoms with Gasteiger partial charge in [0.2, 0.25) is 0 Å². The van der Waals surface area contributed by atoms with E-state index in [1.54, 1.807) is 0 Å². The summed E-state index contributed by atoms with van der Waals surface area (Å²) in [5.41, 5.74) is 3.95. The highest BCUT2D eigenvalue weighted by molar-refractivity contribution is 7.94. The lowest BCUT2D eigenvalue weighted by Gasteiger charge is -2.43. The normalized spacial score (nSPS) is 12.9. The Bertz CT molecular complexity index is 775. The molecule has 0 atom stereocenters. The Labute approximate surface area is 201 Å². The number of benzene rings is 3. The summed E-state index contributed by atoms with van der Waals surface area (Å²) in [6, 6.07) is 30.3. The summed E-state index contributed by atoms with van der Waals surface area (Å²) >= 11 is 1.49. The van der Waals surface area contributed by atoms with Gasteiger partial charge in [-0.1, -0.05) is 120 Å².